The minimum atomic E-state index is 0.415. The minimum absolute atomic E-state index is 0.415. The standard InChI is InChI=1S/C22H16N4O2Si/c1-3-4-5-17-13(2)10-15-20(27-17)26-16(12-25-15)14-6-7-19-18(11-14)28-21-22(29-19)24-9-8-23-21/h3-9,11-12H,1,10H2,2H3/b5-4-. The summed E-state index contributed by atoms with van der Waals surface area (Å²) in [6.45, 7) is 5.74. The van der Waals surface area contributed by atoms with E-state index in [9.17, 15) is 0 Å². The fourth-order valence-corrected chi connectivity index (χ4v) is 4.22. The van der Waals surface area contributed by atoms with Crippen molar-refractivity contribution in [2.75, 3.05) is 0 Å². The van der Waals surface area contributed by atoms with Gasteiger partial charge in [-0.05, 0) is 29.8 Å². The molecule has 1 aromatic carbocycles. The van der Waals surface area contributed by atoms with Crippen LogP contribution in [0.3, 0.4) is 0 Å². The fourth-order valence-electron chi connectivity index (χ4n) is 3.19. The van der Waals surface area contributed by atoms with Gasteiger partial charge in [-0.2, -0.15) is 0 Å². The van der Waals surface area contributed by atoms with Crippen LogP contribution in [0.15, 0.2) is 72.9 Å². The van der Waals surface area contributed by atoms with Crippen molar-refractivity contribution in [2.24, 2.45) is 0 Å². The molecule has 2 aliphatic rings. The summed E-state index contributed by atoms with van der Waals surface area (Å²) in [5.74, 6) is 2.66. The smallest absolute Gasteiger partial charge is 0.242 e. The molecule has 7 heteroatoms. The zero-order valence-electron chi connectivity index (χ0n) is 15.7. The molecule has 2 aromatic heterocycles. The molecule has 6 nitrogen and oxygen atoms in total. The topological polar surface area (TPSA) is 70.0 Å². The summed E-state index contributed by atoms with van der Waals surface area (Å²) in [7, 11) is 0.415. The molecule has 0 fully saturated rings. The zero-order chi connectivity index (χ0) is 19.8. The van der Waals surface area contributed by atoms with Gasteiger partial charge >= 0.3 is 0 Å². The molecule has 0 unspecified atom stereocenters. The monoisotopic (exact) mass is 396 g/mol. The maximum absolute atomic E-state index is 5.99. The largest absolute Gasteiger partial charge is 0.438 e. The summed E-state index contributed by atoms with van der Waals surface area (Å²) in [6.07, 6.45) is 11.3. The van der Waals surface area contributed by atoms with Crippen molar-refractivity contribution in [3.8, 4) is 28.8 Å². The Morgan fingerprint density at radius 3 is 2.90 bits per heavy atom. The van der Waals surface area contributed by atoms with Gasteiger partial charge in [-0.15, -0.1) is 0 Å². The number of fused-ring (bicyclic) bond motifs is 3. The molecule has 140 valence electrons. The molecule has 0 N–H and O–H groups in total. The zero-order valence-corrected chi connectivity index (χ0v) is 16.7. The Balaban J connectivity index is 1.47. The number of rotatable bonds is 3. The number of ether oxygens (including phenoxy) is 2. The van der Waals surface area contributed by atoms with Crippen LogP contribution < -0.4 is 20.0 Å². The third-order valence-corrected chi connectivity index (χ3v) is 5.92. The SMILES string of the molecule is C=C/C=C\C1=C(C)Cc2ncc(-c3ccc4c(c3)Oc3nccnc3[Si]4)nc2O1. The fraction of sp³-hybridized carbons (Fsp3) is 0.0909. The van der Waals surface area contributed by atoms with E-state index < -0.39 is 0 Å². The van der Waals surface area contributed by atoms with Gasteiger partial charge in [-0.3, -0.25) is 9.97 Å². The van der Waals surface area contributed by atoms with Crippen molar-refractivity contribution in [1.82, 2.24) is 19.9 Å². The first kappa shape index (κ1) is 17.5. The van der Waals surface area contributed by atoms with E-state index in [0.29, 0.717) is 27.7 Å². The highest BCUT2D eigenvalue weighted by atomic mass is 28.2. The molecular formula is C22H16N4O2Si. The Kier molecular flexibility index (Phi) is 4.29. The maximum Gasteiger partial charge on any atom is 0.242 e. The molecule has 2 radical (unpaired) electrons. The number of hydrogen-bond donors (Lipinski definition) is 0. The Labute approximate surface area is 170 Å². The lowest BCUT2D eigenvalue weighted by atomic mass is 10.1. The number of nitrogens with zero attached hydrogens (tertiary/aromatic N) is 4. The van der Waals surface area contributed by atoms with Gasteiger partial charge in [0.25, 0.3) is 0 Å². The minimum Gasteiger partial charge on any atom is -0.438 e. The van der Waals surface area contributed by atoms with E-state index in [1.165, 1.54) is 0 Å². The quantitative estimate of drug-likeness (QED) is 0.392. The average Bonchev–Trinajstić information content (AvgIpc) is 2.75. The van der Waals surface area contributed by atoms with Gasteiger partial charge in [0, 0.05) is 24.4 Å². The number of benzene rings is 1. The van der Waals surface area contributed by atoms with Crippen molar-refractivity contribution in [1.29, 1.82) is 0 Å². The van der Waals surface area contributed by atoms with Crippen LogP contribution in [0.5, 0.6) is 17.5 Å². The second-order valence-corrected chi connectivity index (χ2v) is 7.94. The Morgan fingerprint density at radius 1 is 1.10 bits per heavy atom. The van der Waals surface area contributed by atoms with E-state index in [0.717, 1.165) is 44.5 Å². The van der Waals surface area contributed by atoms with Gasteiger partial charge in [0.2, 0.25) is 11.8 Å². The van der Waals surface area contributed by atoms with E-state index in [1.54, 1.807) is 24.7 Å². The summed E-state index contributed by atoms with van der Waals surface area (Å²) in [5, 5.41) is 1.97. The lowest BCUT2D eigenvalue weighted by Crippen LogP contribution is -2.36. The molecule has 5 rings (SSSR count). The predicted octanol–water partition coefficient (Wildman–Crippen LogP) is 2.65. The molecule has 0 saturated carbocycles. The van der Waals surface area contributed by atoms with E-state index in [2.05, 4.69) is 21.5 Å². The molecule has 0 aliphatic carbocycles. The van der Waals surface area contributed by atoms with Crippen molar-refractivity contribution < 1.29 is 9.47 Å². The molecule has 0 atom stereocenters. The highest BCUT2D eigenvalue weighted by Gasteiger charge is 2.22. The highest BCUT2D eigenvalue weighted by molar-refractivity contribution is 6.68. The summed E-state index contributed by atoms with van der Waals surface area (Å²) < 4.78 is 11.9. The predicted molar refractivity (Wildman–Crippen MR) is 111 cm³/mol. The lowest BCUT2D eigenvalue weighted by molar-refractivity contribution is 0.399. The molecule has 3 aromatic rings. The van der Waals surface area contributed by atoms with Crippen LogP contribution in [0.2, 0.25) is 0 Å². The molecule has 0 amide bonds. The molecule has 0 saturated heterocycles. The number of hydrogen-bond acceptors (Lipinski definition) is 6. The first-order valence-electron chi connectivity index (χ1n) is 9.14. The third kappa shape index (κ3) is 3.25. The first-order valence-corrected chi connectivity index (χ1v) is 10.1. The van der Waals surface area contributed by atoms with E-state index in [-0.39, 0.29) is 0 Å². The lowest BCUT2D eigenvalue weighted by Gasteiger charge is -2.20. The summed E-state index contributed by atoms with van der Waals surface area (Å²) in [4.78, 5) is 17.9. The van der Waals surface area contributed by atoms with Crippen molar-refractivity contribution in [3.05, 3.63) is 78.6 Å². The van der Waals surface area contributed by atoms with Gasteiger partial charge in [-0.1, -0.05) is 30.9 Å². The van der Waals surface area contributed by atoms with Gasteiger partial charge in [0.05, 0.1) is 17.2 Å². The Bertz CT molecular complexity index is 1200. The van der Waals surface area contributed by atoms with Crippen LogP contribution in [0.4, 0.5) is 0 Å². The van der Waals surface area contributed by atoms with Crippen LogP contribution in [0.1, 0.15) is 12.6 Å². The van der Waals surface area contributed by atoms with Gasteiger partial charge < -0.3 is 9.47 Å². The van der Waals surface area contributed by atoms with E-state index in [1.807, 2.05) is 37.3 Å². The molecule has 0 spiro atoms. The van der Waals surface area contributed by atoms with Crippen molar-refractivity contribution >= 4 is 20.0 Å². The van der Waals surface area contributed by atoms with Gasteiger partial charge in [-0.25, -0.2) is 9.97 Å². The first-order chi connectivity index (χ1) is 14.2. The average molecular weight is 396 g/mol. The van der Waals surface area contributed by atoms with Crippen LogP contribution in [0.25, 0.3) is 11.3 Å². The van der Waals surface area contributed by atoms with E-state index in [4.69, 9.17) is 14.5 Å². The van der Waals surface area contributed by atoms with Crippen molar-refractivity contribution in [3.63, 3.8) is 0 Å². The van der Waals surface area contributed by atoms with E-state index >= 15 is 0 Å². The molecule has 0 bridgehead atoms. The third-order valence-electron chi connectivity index (χ3n) is 4.66. The molecule has 4 heterocycles. The molecule has 29 heavy (non-hydrogen) atoms. The summed E-state index contributed by atoms with van der Waals surface area (Å²) in [5.41, 5.74) is 3.59. The molecule has 2 aliphatic heterocycles. The Hall–Kier alpha value is -3.58. The second-order valence-electron chi connectivity index (χ2n) is 6.67. The number of allylic oxidation sites excluding steroid dienone is 4. The second kappa shape index (κ2) is 7.10. The summed E-state index contributed by atoms with van der Waals surface area (Å²) in [6, 6.07) is 6.04. The van der Waals surface area contributed by atoms with Crippen LogP contribution >= 0.6 is 0 Å². The van der Waals surface area contributed by atoms with Gasteiger partial charge in [0.15, 0.2) is 9.52 Å². The van der Waals surface area contributed by atoms with Crippen molar-refractivity contribution in [2.45, 2.75) is 13.3 Å². The summed E-state index contributed by atoms with van der Waals surface area (Å²) >= 11 is 0. The van der Waals surface area contributed by atoms with Gasteiger partial charge in [0.1, 0.15) is 17.2 Å². The highest BCUT2D eigenvalue weighted by Crippen LogP contribution is 2.31. The normalized spacial score (nSPS) is 14.5. The number of aromatic nitrogens is 4. The van der Waals surface area contributed by atoms with Crippen LogP contribution in [0, 0.1) is 0 Å². The molecular weight excluding hydrogens is 380 g/mol. The Morgan fingerprint density at radius 2 is 2.00 bits per heavy atom. The van der Waals surface area contributed by atoms with Crippen LogP contribution in [-0.2, 0) is 6.42 Å². The van der Waals surface area contributed by atoms with Crippen LogP contribution in [-0.4, -0.2) is 29.5 Å². The maximum atomic E-state index is 5.99.